The molecule has 7 heterocycles. The Labute approximate surface area is 380 Å². The van der Waals surface area contributed by atoms with Crippen molar-refractivity contribution in [3.63, 3.8) is 0 Å². The zero-order chi connectivity index (χ0) is 45.6. The highest BCUT2D eigenvalue weighted by Gasteiger charge is 2.47. The van der Waals surface area contributed by atoms with Crippen molar-refractivity contribution in [3.8, 4) is 22.5 Å². The van der Waals surface area contributed by atoms with E-state index in [2.05, 4.69) is 72.3 Å². The van der Waals surface area contributed by atoms with Crippen LogP contribution in [0.2, 0.25) is 0 Å². The summed E-state index contributed by atoms with van der Waals surface area (Å²) in [5.41, 5.74) is 9.44. The van der Waals surface area contributed by atoms with Crippen molar-refractivity contribution in [2.45, 2.75) is 110 Å². The summed E-state index contributed by atoms with van der Waals surface area (Å²) in [7, 11) is 5.49. The van der Waals surface area contributed by atoms with E-state index in [1.54, 1.807) is 25.3 Å². The minimum atomic E-state index is -1.03. The van der Waals surface area contributed by atoms with Gasteiger partial charge in [0.2, 0.25) is 5.91 Å². The highest BCUT2D eigenvalue weighted by Crippen LogP contribution is 2.42. The number of urea groups is 1. The van der Waals surface area contributed by atoms with E-state index >= 15 is 0 Å². The van der Waals surface area contributed by atoms with Crippen LogP contribution in [-0.2, 0) is 43.2 Å². The van der Waals surface area contributed by atoms with Crippen molar-refractivity contribution in [2.24, 2.45) is 17.3 Å². The molecule has 0 spiro atoms. The smallest absolute Gasteiger partial charge is 0.324 e. The molecule has 0 saturated carbocycles. The molecule has 1 aromatic carbocycles. The number of ether oxygens (including phenoxy) is 2. The number of carbonyl (C=O) groups is 4. The summed E-state index contributed by atoms with van der Waals surface area (Å²) >= 11 is 1.44. The van der Waals surface area contributed by atoms with Crippen LogP contribution in [0.25, 0.3) is 33.4 Å². The van der Waals surface area contributed by atoms with Gasteiger partial charge < -0.3 is 34.1 Å². The number of methoxy groups -OCH3 is 1. The number of esters is 1. The van der Waals surface area contributed by atoms with Gasteiger partial charge in [0.25, 0.3) is 5.91 Å². The van der Waals surface area contributed by atoms with E-state index < -0.39 is 35.4 Å². The lowest BCUT2D eigenvalue weighted by molar-refractivity contribution is -0.155. The number of carbonyl (C=O) groups excluding carboxylic acids is 4. The van der Waals surface area contributed by atoms with Crippen LogP contribution in [0.3, 0.4) is 0 Å². The topological polar surface area (TPSA) is 154 Å². The number of thiazole rings is 1. The molecule has 4 aromatic rings. The summed E-state index contributed by atoms with van der Waals surface area (Å²) in [6.07, 6.45) is 4.23. The Kier molecular flexibility index (Phi) is 13.2. The Morgan fingerprint density at radius 1 is 1.12 bits per heavy atom. The molecule has 0 aliphatic carbocycles. The maximum Gasteiger partial charge on any atom is 0.324 e. The molecule has 15 nitrogen and oxygen atoms in total. The first-order valence-corrected chi connectivity index (χ1v) is 23.8. The monoisotopic (exact) mass is 895 g/mol. The number of benzene rings is 1. The molecule has 4 aliphatic rings. The average Bonchev–Trinajstić information content (AvgIpc) is 3.86. The van der Waals surface area contributed by atoms with Gasteiger partial charge in [0.15, 0.2) is 0 Å². The van der Waals surface area contributed by atoms with Crippen molar-refractivity contribution in [1.82, 2.24) is 45.0 Å². The number of aryl methyl sites for hydroxylation is 1. The summed E-state index contributed by atoms with van der Waals surface area (Å²) in [6.45, 7) is 16.0. The van der Waals surface area contributed by atoms with E-state index in [1.165, 1.54) is 16.3 Å². The van der Waals surface area contributed by atoms with Crippen LogP contribution in [0.15, 0.2) is 41.9 Å². The summed E-state index contributed by atoms with van der Waals surface area (Å²) in [4.78, 5) is 72.6. The molecule has 6 atom stereocenters. The minimum Gasteiger partial charge on any atom is -0.464 e. The Hall–Kier alpha value is -4.90. The molecule has 6 bridgehead atoms. The van der Waals surface area contributed by atoms with Crippen molar-refractivity contribution < 1.29 is 28.7 Å². The van der Waals surface area contributed by atoms with Crippen LogP contribution in [0.1, 0.15) is 83.2 Å². The second kappa shape index (κ2) is 18.5. The second-order valence-electron chi connectivity index (χ2n) is 19.4. The lowest BCUT2D eigenvalue weighted by atomic mass is 9.83. The van der Waals surface area contributed by atoms with E-state index in [4.69, 9.17) is 19.4 Å². The molecule has 8 rings (SSSR count). The first-order valence-electron chi connectivity index (χ1n) is 22.9. The summed E-state index contributed by atoms with van der Waals surface area (Å²) in [5, 5.41) is 8.27. The molecule has 0 unspecified atom stereocenters. The van der Waals surface area contributed by atoms with Gasteiger partial charge in [-0.1, -0.05) is 33.8 Å². The number of fused-ring (bicyclic) bond motifs is 7. The number of nitrogens with one attached hydrogen (secondary N) is 2. The van der Waals surface area contributed by atoms with E-state index in [-0.39, 0.29) is 43.0 Å². The number of amides is 4. The van der Waals surface area contributed by atoms with Crippen LogP contribution in [0.4, 0.5) is 4.79 Å². The predicted molar refractivity (Wildman–Crippen MR) is 247 cm³/mol. The Morgan fingerprint density at radius 2 is 1.92 bits per heavy atom. The van der Waals surface area contributed by atoms with Crippen LogP contribution in [0.5, 0.6) is 0 Å². The van der Waals surface area contributed by atoms with Crippen molar-refractivity contribution in [1.29, 1.82) is 0 Å². The number of aromatic nitrogens is 3. The Bertz CT molecular complexity index is 2390. The van der Waals surface area contributed by atoms with Crippen LogP contribution in [0, 0.1) is 17.3 Å². The number of cyclic esters (lactones) is 1. The van der Waals surface area contributed by atoms with Gasteiger partial charge in [-0.2, -0.15) is 0 Å². The SMILES string of the molecule is CCn1c(-c2cccnc2[C@H](C)OC)c2c3cc(ccc31)-c1csc(n1)C[C@H](NC(=O)[C@H](C(C)C)N(C)C(=O)N1C[C@@H]3CN(C)CC[C@@H]31)C(=O)N1CCC[C@H](N1)C(=O)OCC(C)(C)C2. The summed E-state index contributed by atoms with van der Waals surface area (Å²) in [6, 6.07) is 7.87. The fourth-order valence-corrected chi connectivity index (χ4v) is 11.2. The fourth-order valence-electron chi connectivity index (χ4n) is 10.3. The number of hydrogen-bond donors (Lipinski definition) is 2. The Morgan fingerprint density at radius 3 is 2.66 bits per heavy atom. The molecule has 0 radical (unpaired) electrons. The molecule has 3 saturated heterocycles. The van der Waals surface area contributed by atoms with E-state index in [1.807, 2.05) is 37.1 Å². The lowest BCUT2D eigenvalue weighted by Gasteiger charge is -2.54. The van der Waals surface area contributed by atoms with E-state index in [0.717, 1.165) is 64.2 Å². The van der Waals surface area contributed by atoms with E-state index in [0.29, 0.717) is 49.8 Å². The summed E-state index contributed by atoms with van der Waals surface area (Å²) < 4.78 is 14.3. The molecule has 4 aliphatic heterocycles. The third kappa shape index (κ3) is 8.90. The predicted octanol–water partition coefficient (Wildman–Crippen LogP) is 5.91. The van der Waals surface area contributed by atoms with E-state index in [9.17, 15) is 19.2 Å². The highest BCUT2D eigenvalue weighted by atomic mass is 32.1. The van der Waals surface area contributed by atoms with Gasteiger partial charge in [-0.3, -0.25) is 24.4 Å². The van der Waals surface area contributed by atoms with Crippen LogP contribution in [-0.4, -0.2) is 136 Å². The molecule has 16 heteroatoms. The van der Waals surface area contributed by atoms with Crippen LogP contribution >= 0.6 is 11.3 Å². The number of hydrogen-bond acceptors (Lipinski definition) is 11. The van der Waals surface area contributed by atoms with Crippen LogP contribution < -0.4 is 10.7 Å². The van der Waals surface area contributed by atoms with Crippen molar-refractivity contribution in [3.05, 3.63) is 58.2 Å². The number of hydrazine groups is 1. The standard InChI is InChI=1S/C48H65N9O6S/c1-10-55-39-16-15-30-21-33(39)34(43(55)32-13-11-18-49-41(32)29(4)62-9)23-48(5,6)27-63-46(60)35-14-12-19-57(52-35)45(59)36(22-40-50-37(30)26-64-40)51-44(58)42(28(2)3)54(8)47(61)56-25-31-24-53(7)20-17-38(31)56/h11,13,15-16,18,21,26,28-29,31,35-36,38,42,52H,10,12,14,17,19-20,22-25,27H2,1-9H3,(H,51,58)/t29-,31-,35-,36-,38-,42-/m0/s1. The quantitative estimate of drug-likeness (QED) is 0.204. The molecule has 344 valence electrons. The first-order chi connectivity index (χ1) is 30.6. The zero-order valence-corrected chi connectivity index (χ0v) is 39.7. The molecule has 3 fully saturated rings. The van der Waals surface area contributed by atoms with Gasteiger partial charge in [-0.05, 0) is 88.9 Å². The van der Waals surface area contributed by atoms with Gasteiger partial charge in [0.1, 0.15) is 18.1 Å². The highest BCUT2D eigenvalue weighted by molar-refractivity contribution is 7.10. The van der Waals surface area contributed by atoms with Gasteiger partial charge in [-0.25, -0.2) is 15.2 Å². The molecular weight excluding hydrogens is 831 g/mol. The maximum absolute atomic E-state index is 14.6. The first kappa shape index (κ1) is 45.7. The molecule has 3 aromatic heterocycles. The third-order valence-corrected chi connectivity index (χ3v) is 14.6. The van der Waals surface area contributed by atoms with Crippen molar-refractivity contribution in [2.75, 3.05) is 54.0 Å². The molecule has 4 amide bonds. The van der Waals surface area contributed by atoms with Gasteiger partial charge in [0.05, 0.1) is 34.8 Å². The number of likely N-dealkylation sites (N-methyl/N-ethyl adjacent to an activating group) is 1. The maximum atomic E-state index is 14.6. The third-order valence-electron chi connectivity index (χ3n) is 13.7. The summed E-state index contributed by atoms with van der Waals surface area (Å²) in [5.74, 6) is -1.03. The van der Waals surface area contributed by atoms with Gasteiger partial charge >= 0.3 is 12.0 Å². The second-order valence-corrected chi connectivity index (χ2v) is 20.3. The lowest BCUT2D eigenvalue weighted by Crippen LogP contribution is -2.68. The molecular formula is C48H65N9O6S. The number of rotatable bonds is 8. The van der Waals surface area contributed by atoms with Gasteiger partial charge in [0, 0.05) is 97.7 Å². The largest absolute Gasteiger partial charge is 0.464 e. The number of piperidine rings is 1. The minimum absolute atomic E-state index is 0.119. The zero-order valence-electron chi connectivity index (χ0n) is 38.8. The number of pyridine rings is 1. The average molecular weight is 896 g/mol. The number of likely N-dealkylation sites (tertiary alicyclic amines) is 2. The Balaban J connectivity index is 1.16. The van der Waals surface area contributed by atoms with Gasteiger partial charge in [-0.15, -0.1) is 11.3 Å². The fraction of sp³-hybridized carbons (Fsp3) is 0.583. The molecule has 2 N–H and O–H groups in total. The normalized spacial score (nSPS) is 23.8. The number of nitrogens with zero attached hydrogens (tertiary/aromatic N) is 7. The van der Waals surface area contributed by atoms with Crippen molar-refractivity contribution >= 4 is 46.1 Å². The molecule has 64 heavy (non-hydrogen) atoms.